The molecule has 1 saturated carbocycles. The lowest BCUT2D eigenvalue weighted by molar-refractivity contribution is 0.0180. The van der Waals surface area contributed by atoms with Gasteiger partial charge in [0.2, 0.25) is 10.0 Å². The first-order valence-corrected chi connectivity index (χ1v) is 21.8. The number of halogens is 1. The first-order valence-electron chi connectivity index (χ1n) is 17.0. The number of amides is 1. The van der Waals surface area contributed by atoms with E-state index in [4.69, 9.17) is 20.8 Å². The second-order valence-electron chi connectivity index (χ2n) is 15.0. The zero-order chi connectivity index (χ0) is 34.0. The number of fused-ring (bicyclic) bond motifs is 3. The second-order valence-corrected chi connectivity index (χ2v) is 22.2. The van der Waals surface area contributed by atoms with Gasteiger partial charge in [-0.1, -0.05) is 50.6 Å². The quantitative estimate of drug-likeness (QED) is 0.257. The Kier molecular flexibility index (Phi) is 11.2. The van der Waals surface area contributed by atoms with E-state index in [2.05, 4.69) is 43.5 Å². The third kappa shape index (κ3) is 8.62. The Hall–Kier alpha value is -2.37. The fourth-order valence-corrected chi connectivity index (χ4v) is 8.94. The van der Waals surface area contributed by atoms with Crippen LogP contribution in [0.15, 0.2) is 48.6 Å². The van der Waals surface area contributed by atoms with Crippen LogP contribution in [0.25, 0.3) is 0 Å². The summed E-state index contributed by atoms with van der Waals surface area (Å²) in [6.45, 7) is 12.3. The normalized spacial score (nSPS) is 26.4. The molecule has 2 aromatic carbocycles. The van der Waals surface area contributed by atoms with Crippen LogP contribution in [0.2, 0.25) is 23.2 Å². The molecule has 258 valence electrons. The molecular weight excluding hydrogens is 652 g/mol. The Morgan fingerprint density at radius 2 is 1.83 bits per heavy atom. The predicted molar refractivity (Wildman–Crippen MR) is 191 cm³/mol. The summed E-state index contributed by atoms with van der Waals surface area (Å²) in [7, 11) is -6.37. The number of ether oxygens (including phenoxy) is 1. The largest absolute Gasteiger partial charge is 0.487 e. The highest BCUT2D eigenvalue weighted by Gasteiger charge is 2.40. The number of sulfonamides is 1. The van der Waals surface area contributed by atoms with E-state index in [0.717, 1.165) is 56.4 Å². The monoisotopic (exact) mass is 702 g/mol. The molecule has 1 amide bonds. The van der Waals surface area contributed by atoms with Crippen molar-refractivity contribution < 1.29 is 27.5 Å². The van der Waals surface area contributed by atoms with Crippen LogP contribution in [0.3, 0.4) is 0 Å². The van der Waals surface area contributed by atoms with Gasteiger partial charge in [-0.3, -0.25) is 4.79 Å². The molecule has 0 spiro atoms. The lowest BCUT2D eigenvalue weighted by Crippen LogP contribution is -2.46. The van der Waals surface area contributed by atoms with Gasteiger partial charge in [0, 0.05) is 23.7 Å². The number of nitrogens with zero attached hydrogens (tertiary/aromatic N) is 1. The Bertz CT molecular complexity index is 1570. The third-order valence-electron chi connectivity index (χ3n) is 10.7. The molecule has 0 unspecified atom stereocenters. The van der Waals surface area contributed by atoms with Crippen molar-refractivity contribution in [1.29, 1.82) is 0 Å². The van der Waals surface area contributed by atoms with Gasteiger partial charge in [0.1, 0.15) is 17.6 Å². The SMILES string of the molecule is CC(C)(C)[Si](C)(C)OC[C@@H]1C/C=C\C[C@H](O)[C@@H]2CC[C@H]2CN2CCCCc3cc(Cl)ccc3COc3ccc(cc32)C(=O)NS1(=O)=O. The summed E-state index contributed by atoms with van der Waals surface area (Å²) in [5.74, 6) is 0.402. The van der Waals surface area contributed by atoms with Crippen molar-refractivity contribution in [2.45, 2.75) is 102 Å². The fraction of sp³-hybridized carbons (Fsp3) is 0.583. The van der Waals surface area contributed by atoms with Crippen LogP contribution in [0, 0.1) is 11.8 Å². The number of aliphatic hydroxyl groups is 1. The zero-order valence-electron chi connectivity index (χ0n) is 28.4. The van der Waals surface area contributed by atoms with Gasteiger partial charge in [0.05, 0.1) is 18.4 Å². The van der Waals surface area contributed by atoms with E-state index in [9.17, 15) is 18.3 Å². The topological polar surface area (TPSA) is 105 Å². The minimum atomic E-state index is -4.11. The number of hydrogen-bond donors (Lipinski definition) is 2. The minimum Gasteiger partial charge on any atom is -0.487 e. The lowest BCUT2D eigenvalue weighted by Gasteiger charge is -2.43. The van der Waals surface area contributed by atoms with E-state index in [0.29, 0.717) is 29.7 Å². The van der Waals surface area contributed by atoms with E-state index < -0.39 is 35.6 Å². The van der Waals surface area contributed by atoms with Gasteiger partial charge in [-0.25, -0.2) is 13.1 Å². The van der Waals surface area contributed by atoms with E-state index in [1.807, 2.05) is 30.4 Å². The lowest BCUT2D eigenvalue weighted by atomic mass is 9.69. The standard InChI is InChI=1S/C36H51ClN2O6SSi/c1-36(2,3)47(4,5)45-24-30-11-6-7-12-33(40)31-17-14-27(31)22-39-19-9-8-10-25-20-29(37)16-13-28(25)23-44-34-18-15-26(21-32(34)39)35(41)38-46(30,42)43/h6-7,13,15-16,18,20-21,27,30-31,33,40H,8-12,14,17,19,22-24H2,1-5H3,(H,38,41)/b7-6-/t27-,30-,31+,33-/m0/s1. The van der Waals surface area contributed by atoms with E-state index in [1.54, 1.807) is 18.2 Å². The predicted octanol–water partition coefficient (Wildman–Crippen LogP) is 7.25. The van der Waals surface area contributed by atoms with Crippen molar-refractivity contribution in [3.8, 4) is 5.75 Å². The van der Waals surface area contributed by atoms with Crippen molar-refractivity contribution in [3.63, 3.8) is 0 Å². The number of hydrogen-bond acceptors (Lipinski definition) is 7. The highest BCUT2D eigenvalue weighted by molar-refractivity contribution is 7.90. The van der Waals surface area contributed by atoms with Crippen molar-refractivity contribution in [2.24, 2.45) is 11.8 Å². The molecule has 1 fully saturated rings. The van der Waals surface area contributed by atoms with Crippen LogP contribution in [0.5, 0.6) is 5.75 Å². The molecule has 2 bridgehead atoms. The number of aryl methyl sites for hydroxylation is 1. The van der Waals surface area contributed by atoms with Crippen LogP contribution < -0.4 is 14.4 Å². The minimum absolute atomic E-state index is 0.0187. The Morgan fingerprint density at radius 1 is 1.06 bits per heavy atom. The highest BCUT2D eigenvalue weighted by Crippen LogP contribution is 2.41. The van der Waals surface area contributed by atoms with Gasteiger partial charge in [0.25, 0.3) is 5.91 Å². The third-order valence-corrected chi connectivity index (χ3v) is 17.1. The summed E-state index contributed by atoms with van der Waals surface area (Å²) in [5, 5.41) is 10.9. The molecule has 0 radical (unpaired) electrons. The summed E-state index contributed by atoms with van der Waals surface area (Å²) in [5.41, 5.74) is 3.25. The molecule has 2 N–H and O–H groups in total. The number of aliphatic hydroxyl groups excluding tert-OH is 1. The number of nitrogens with one attached hydrogen (secondary N) is 1. The van der Waals surface area contributed by atoms with Crippen LogP contribution in [-0.2, 0) is 27.5 Å². The molecule has 0 aromatic heterocycles. The molecule has 0 saturated heterocycles. The maximum absolute atomic E-state index is 13.8. The van der Waals surface area contributed by atoms with Gasteiger partial charge in [0.15, 0.2) is 8.32 Å². The Labute approximate surface area is 287 Å². The van der Waals surface area contributed by atoms with Crippen LogP contribution in [0.4, 0.5) is 5.69 Å². The molecule has 2 heterocycles. The van der Waals surface area contributed by atoms with Gasteiger partial charge in [-0.05, 0) is 116 Å². The molecule has 5 rings (SSSR count). The van der Waals surface area contributed by atoms with E-state index in [-0.39, 0.29) is 29.5 Å². The van der Waals surface area contributed by atoms with Gasteiger partial charge >= 0.3 is 0 Å². The van der Waals surface area contributed by atoms with Gasteiger partial charge < -0.3 is 19.2 Å². The summed E-state index contributed by atoms with van der Waals surface area (Å²) in [6, 6.07) is 11.1. The Morgan fingerprint density at radius 3 is 2.55 bits per heavy atom. The first-order chi connectivity index (χ1) is 22.1. The van der Waals surface area contributed by atoms with Crippen molar-refractivity contribution in [3.05, 3.63) is 70.3 Å². The Balaban J connectivity index is 1.50. The molecular formula is C36H51ClN2O6SSi. The molecule has 3 aliphatic rings. The van der Waals surface area contributed by atoms with Crippen molar-refractivity contribution >= 4 is 41.5 Å². The van der Waals surface area contributed by atoms with Gasteiger partial charge in [-0.15, -0.1) is 0 Å². The molecule has 11 heteroatoms. The molecule has 1 aliphatic carbocycles. The van der Waals surface area contributed by atoms with E-state index in [1.165, 1.54) is 5.56 Å². The summed E-state index contributed by atoms with van der Waals surface area (Å²) in [6.07, 6.45) is 8.54. The van der Waals surface area contributed by atoms with Crippen molar-refractivity contribution in [2.75, 3.05) is 24.6 Å². The number of allylic oxidation sites excluding steroid dienone is 1. The number of anilines is 1. The molecule has 2 aliphatic heterocycles. The fourth-order valence-electron chi connectivity index (χ4n) is 6.42. The average Bonchev–Trinajstić information content (AvgIpc) is 3.00. The van der Waals surface area contributed by atoms with Gasteiger partial charge in [-0.2, -0.15) is 0 Å². The second kappa shape index (κ2) is 14.6. The van der Waals surface area contributed by atoms with E-state index >= 15 is 0 Å². The summed E-state index contributed by atoms with van der Waals surface area (Å²) >= 11 is 6.33. The van der Waals surface area contributed by atoms with Crippen LogP contribution >= 0.6 is 11.6 Å². The first kappa shape index (κ1) is 35.9. The number of carbonyl (C=O) groups excluding carboxylic acids is 1. The molecule has 8 nitrogen and oxygen atoms in total. The highest BCUT2D eigenvalue weighted by atomic mass is 35.5. The molecule has 47 heavy (non-hydrogen) atoms. The number of benzene rings is 2. The average molecular weight is 703 g/mol. The smallest absolute Gasteiger partial charge is 0.264 e. The summed E-state index contributed by atoms with van der Waals surface area (Å²) < 4.78 is 42.7. The molecule has 4 atom stereocenters. The van der Waals surface area contributed by atoms with Crippen molar-refractivity contribution in [1.82, 2.24) is 4.72 Å². The number of carbonyl (C=O) groups is 1. The maximum atomic E-state index is 13.8. The molecule has 2 aromatic rings. The summed E-state index contributed by atoms with van der Waals surface area (Å²) in [4.78, 5) is 15.9. The van der Waals surface area contributed by atoms with Crippen LogP contribution in [-0.4, -0.2) is 58.8 Å². The zero-order valence-corrected chi connectivity index (χ0v) is 31.0. The maximum Gasteiger partial charge on any atom is 0.264 e. The van der Waals surface area contributed by atoms with Crippen LogP contribution in [0.1, 0.15) is 80.8 Å². The number of rotatable bonds is 3.